The Kier molecular flexibility index (Phi) is 6.29. The average molecular weight is 364 g/mol. The molecule has 1 aliphatic heterocycles. The van der Waals surface area contributed by atoms with Gasteiger partial charge in [0.25, 0.3) is 0 Å². The van der Waals surface area contributed by atoms with E-state index in [4.69, 9.17) is 10.00 Å². The Balaban J connectivity index is 1.45. The molecule has 0 aliphatic carbocycles. The summed E-state index contributed by atoms with van der Waals surface area (Å²) < 4.78 is 5.27. The fourth-order valence-electron chi connectivity index (χ4n) is 3.16. The SMILES string of the molecule is COc1cccc(CCN2CCN(C(=O)Nc3cccc(C#N)c3)CC2)c1. The Bertz CT molecular complexity index is 823. The van der Waals surface area contributed by atoms with Crippen LogP contribution in [0.3, 0.4) is 0 Å². The molecule has 140 valence electrons. The first-order valence-electron chi connectivity index (χ1n) is 9.09. The lowest BCUT2D eigenvalue weighted by atomic mass is 10.1. The molecule has 0 atom stereocenters. The van der Waals surface area contributed by atoms with E-state index in [0.717, 1.165) is 31.8 Å². The van der Waals surface area contributed by atoms with Crippen molar-refractivity contribution in [1.29, 1.82) is 5.26 Å². The van der Waals surface area contributed by atoms with Crippen LogP contribution in [0, 0.1) is 11.3 Å². The van der Waals surface area contributed by atoms with Crippen LogP contribution in [-0.2, 0) is 6.42 Å². The summed E-state index contributed by atoms with van der Waals surface area (Å²) in [4.78, 5) is 16.6. The maximum absolute atomic E-state index is 12.4. The van der Waals surface area contributed by atoms with Gasteiger partial charge in [0, 0.05) is 38.4 Å². The Morgan fingerprint density at radius 3 is 2.67 bits per heavy atom. The molecule has 1 fully saturated rings. The normalized spacial score (nSPS) is 14.4. The van der Waals surface area contributed by atoms with E-state index in [9.17, 15) is 4.79 Å². The minimum Gasteiger partial charge on any atom is -0.497 e. The quantitative estimate of drug-likeness (QED) is 0.886. The second-order valence-corrected chi connectivity index (χ2v) is 6.55. The van der Waals surface area contributed by atoms with E-state index in [1.165, 1.54) is 5.56 Å². The summed E-state index contributed by atoms with van der Waals surface area (Å²) in [6.07, 6.45) is 0.963. The van der Waals surface area contributed by atoms with E-state index in [1.54, 1.807) is 31.4 Å². The highest BCUT2D eigenvalue weighted by Gasteiger charge is 2.21. The summed E-state index contributed by atoms with van der Waals surface area (Å²) in [5, 5.41) is 11.8. The Hall–Kier alpha value is -3.04. The first kappa shape index (κ1) is 18.7. The number of carbonyl (C=O) groups is 1. The van der Waals surface area contributed by atoms with Gasteiger partial charge >= 0.3 is 6.03 Å². The number of urea groups is 1. The second kappa shape index (κ2) is 9.06. The minimum absolute atomic E-state index is 0.113. The van der Waals surface area contributed by atoms with Crippen LogP contribution in [0.5, 0.6) is 5.75 Å². The largest absolute Gasteiger partial charge is 0.497 e. The second-order valence-electron chi connectivity index (χ2n) is 6.55. The summed E-state index contributed by atoms with van der Waals surface area (Å²) in [7, 11) is 1.68. The minimum atomic E-state index is -0.113. The molecule has 0 saturated carbocycles. The maximum Gasteiger partial charge on any atom is 0.321 e. The molecule has 1 aliphatic rings. The van der Waals surface area contributed by atoms with Gasteiger partial charge in [0.1, 0.15) is 5.75 Å². The predicted molar refractivity (Wildman–Crippen MR) is 105 cm³/mol. The van der Waals surface area contributed by atoms with Gasteiger partial charge in [0.15, 0.2) is 0 Å². The van der Waals surface area contributed by atoms with Crippen LogP contribution in [-0.4, -0.2) is 55.7 Å². The molecule has 3 rings (SSSR count). The molecule has 1 N–H and O–H groups in total. The molecule has 0 bridgehead atoms. The first-order valence-corrected chi connectivity index (χ1v) is 9.09. The highest BCUT2D eigenvalue weighted by Crippen LogP contribution is 2.14. The van der Waals surface area contributed by atoms with Gasteiger partial charge in [-0.25, -0.2) is 4.79 Å². The van der Waals surface area contributed by atoms with Crippen LogP contribution in [0.4, 0.5) is 10.5 Å². The van der Waals surface area contributed by atoms with E-state index >= 15 is 0 Å². The number of piperazine rings is 1. The first-order chi connectivity index (χ1) is 13.2. The van der Waals surface area contributed by atoms with Gasteiger partial charge in [-0.2, -0.15) is 5.26 Å². The third-order valence-corrected chi connectivity index (χ3v) is 4.75. The van der Waals surface area contributed by atoms with E-state index in [1.807, 2.05) is 17.0 Å². The number of hydrogen-bond acceptors (Lipinski definition) is 4. The fraction of sp³-hybridized carbons (Fsp3) is 0.333. The van der Waals surface area contributed by atoms with Crippen molar-refractivity contribution in [2.45, 2.75) is 6.42 Å². The van der Waals surface area contributed by atoms with Gasteiger partial charge in [-0.05, 0) is 42.3 Å². The van der Waals surface area contributed by atoms with Crippen LogP contribution in [0.25, 0.3) is 0 Å². The lowest BCUT2D eigenvalue weighted by Gasteiger charge is -2.34. The van der Waals surface area contributed by atoms with Crippen LogP contribution < -0.4 is 10.1 Å². The number of methoxy groups -OCH3 is 1. The zero-order chi connectivity index (χ0) is 19.1. The van der Waals surface area contributed by atoms with Crippen LogP contribution in [0.2, 0.25) is 0 Å². The molecule has 0 aromatic heterocycles. The van der Waals surface area contributed by atoms with Crippen molar-refractivity contribution in [2.75, 3.05) is 45.2 Å². The number of amides is 2. The highest BCUT2D eigenvalue weighted by molar-refractivity contribution is 5.89. The number of nitriles is 1. The third-order valence-electron chi connectivity index (χ3n) is 4.75. The van der Waals surface area contributed by atoms with Crippen molar-refractivity contribution in [3.05, 3.63) is 59.7 Å². The third kappa shape index (κ3) is 5.22. The number of carbonyl (C=O) groups excluding carboxylic acids is 1. The van der Waals surface area contributed by atoms with Crippen molar-refractivity contribution in [2.24, 2.45) is 0 Å². The van der Waals surface area contributed by atoms with Crippen molar-refractivity contribution in [1.82, 2.24) is 9.80 Å². The van der Waals surface area contributed by atoms with Gasteiger partial charge in [-0.3, -0.25) is 4.90 Å². The molecule has 1 heterocycles. The fourth-order valence-corrected chi connectivity index (χ4v) is 3.16. The molecule has 6 heteroatoms. The van der Waals surface area contributed by atoms with Gasteiger partial charge in [-0.1, -0.05) is 18.2 Å². The summed E-state index contributed by atoms with van der Waals surface area (Å²) in [5.74, 6) is 0.884. The number of ether oxygens (including phenoxy) is 1. The Morgan fingerprint density at radius 2 is 1.93 bits per heavy atom. The molecular formula is C21H24N4O2. The zero-order valence-electron chi connectivity index (χ0n) is 15.5. The summed E-state index contributed by atoms with van der Waals surface area (Å²) in [6, 6.07) is 17.1. The standard InChI is InChI=1S/C21H24N4O2/c1-27-20-7-3-4-17(15-20)8-9-24-10-12-25(13-11-24)21(26)23-19-6-2-5-18(14-19)16-22/h2-7,14-15H,8-13H2,1H3,(H,23,26). The number of rotatable bonds is 5. The van der Waals surface area contributed by atoms with Gasteiger partial charge in [0.05, 0.1) is 18.7 Å². The van der Waals surface area contributed by atoms with E-state index < -0.39 is 0 Å². The van der Waals surface area contributed by atoms with E-state index in [0.29, 0.717) is 24.3 Å². The summed E-state index contributed by atoms with van der Waals surface area (Å²) >= 11 is 0. The molecule has 0 spiro atoms. The molecule has 2 amide bonds. The predicted octanol–water partition coefficient (Wildman–Crippen LogP) is 2.96. The lowest BCUT2D eigenvalue weighted by Crippen LogP contribution is -2.50. The van der Waals surface area contributed by atoms with Crippen molar-refractivity contribution in [3.63, 3.8) is 0 Å². The topological polar surface area (TPSA) is 68.6 Å². The molecule has 2 aromatic rings. The van der Waals surface area contributed by atoms with Crippen molar-refractivity contribution >= 4 is 11.7 Å². The van der Waals surface area contributed by atoms with Crippen LogP contribution >= 0.6 is 0 Å². The van der Waals surface area contributed by atoms with Gasteiger partial charge < -0.3 is 15.0 Å². The number of benzene rings is 2. The summed E-state index contributed by atoms with van der Waals surface area (Å²) in [6.45, 7) is 4.07. The Labute approximate surface area is 160 Å². The van der Waals surface area contributed by atoms with Gasteiger partial charge in [0.2, 0.25) is 0 Å². The number of anilines is 1. The highest BCUT2D eigenvalue weighted by atomic mass is 16.5. The Morgan fingerprint density at radius 1 is 1.15 bits per heavy atom. The summed E-state index contributed by atoms with van der Waals surface area (Å²) in [5.41, 5.74) is 2.45. The van der Waals surface area contributed by atoms with Crippen molar-refractivity contribution in [3.8, 4) is 11.8 Å². The zero-order valence-corrected chi connectivity index (χ0v) is 15.5. The lowest BCUT2D eigenvalue weighted by molar-refractivity contribution is 0.148. The molecule has 0 radical (unpaired) electrons. The molecule has 2 aromatic carbocycles. The molecule has 0 unspecified atom stereocenters. The molecule has 27 heavy (non-hydrogen) atoms. The number of nitrogens with zero attached hydrogens (tertiary/aromatic N) is 3. The van der Waals surface area contributed by atoms with Crippen LogP contribution in [0.15, 0.2) is 48.5 Å². The monoisotopic (exact) mass is 364 g/mol. The van der Waals surface area contributed by atoms with Gasteiger partial charge in [-0.15, -0.1) is 0 Å². The molecular weight excluding hydrogens is 340 g/mol. The van der Waals surface area contributed by atoms with Crippen LogP contribution in [0.1, 0.15) is 11.1 Å². The number of nitrogens with one attached hydrogen (secondary N) is 1. The van der Waals surface area contributed by atoms with Crippen molar-refractivity contribution < 1.29 is 9.53 Å². The average Bonchev–Trinajstić information content (AvgIpc) is 2.73. The molecule has 1 saturated heterocycles. The molecule has 6 nitrogen and oxygen atoms in total. The number of hydrogen-bond donors (Lipinski definition) is 1. The van der Waals surface area contributed by atoms with E-state index in [2.05, 4.69) is 28.4 Å². The van der Waals surface area contributed by atoms with E-state index in [-0.39, 0.29) is 6.03 Å². The maximum atomic E-state index is 12.4. The smallest absolute Gasteiger partial charge is 0.321 e.